The van der Waals surface area contributed by atoms with Crippen LogP contribution in [0.5, 0.6) is 5.75 Å². The van der Waals surface area contributed by atoms with E-state index in [1.54, 1.807) is 0 Å². The SMILES string of the molecule is Cc1cc(OC(F)(F)F)c(CN)nc1CC(=O)O. The van der Waals surface area contributed by atoms with Gasteiger partial charge in [0.05, 0.1) is 17.8 Å². The van der Waals surface area contributed by atoms with E-state index in [9.17, 15) is 18.0 Å². The van der Waals surface area contributed by atoms with Crippen molar-refractivity contribution in [1.82, 2.24) is 4.98 Å². The number of nitrogens with zero attached hydrogens (tertiary/aromatic N) is 1. The van der Waals surface area contributed by atoms with Gasteiger partial charge in [0.15, 0.2) is 5.75 Å². The molecular formula is C10H11F3N2O3. The molecule has 0 aliphatic rings. The zero-order chi connectivity index (χ0) is 13.9. The van der Waals surface area contributed by atoms with Gasteiger partial charge in [0.1, 0.15) is 0 Å². The van der Waals surface area contributed by atoms with Gasteiger partial charge in [0, 0.05) is 6.54 Å². The summed E-state index contributed by atoms with van der Waals surface area (Å²) >= 11 is 0. The summed E-state index contributed by atoms with van der Waals surface area (Å²) in [6, 6.07) is 1.08. The third-order valence-electron chi connectivity index (χ3n) is 2.09. The summed E-state index contributed by atoms with van der Waals surface area (Å²) in [5, 5.41) is 8.63. The zero-order valence-electron chi connectivity index (χ0n) is 9.41. The van der Waals surface area contributed by atoms with Crippen LogP contribution in [0.25, 0.3) is 0 Å². The number of alkyl halides is 3. The standard InChI is InChI=1S/C10H11F3N2O3/c1-5-2-8(18-10(11,12)13)7(4-14)15-6(5)3-9(16)17/h2H,3-4,14H2,1H3,(H,16,17). The van der Waals surface area contributed by atoms with Gasteiger partial charge in [0.25, 0.3) is 0 Å². The molecule has 1 aromatic heterocycles. The maximum absolute atomic E-state index is 12.1. The molecule has 18 heavy (non-hydrogen) atoms. The van der Waals surface area contributed by atoms with Crippen LogP contribution in [-0.4, -0.2) is 22.4 Å². The predicted molar refractivity (Wildman–Crippen MR) is 54.9 cm³/mol. The third kappa shape index (κ3) is 3.88. The maximum atomic E-state index is 12.1. The average molecular weight is 264 g/mol. The first-order valence-corrected chi connectivity index (χ1v) is 4.90. The minimum atomic E-state index is -4.84. The number of carboxylic acid groups (broad SMARTS) is 1. The Balaban J connectivity index is 3.14. The van der Waals surface area contributed by atoms with Crippen molar-refractivity contribution in [1.29, 1.82) is 0 Å². The predicted octanol–water partition coefficient (Wildman–Crippen LogP) is 1.37. The molecule has 1 rings (SSSR count). The summed E-state index contributed by atoms with van der Waals surface area (Å²) in [6.45, 7) is 1.17. The number of halogens is 3. The van der Waals surface area contributed by atoms with Crippen LogP contribution in [0.4, 0.5) is 13.2 Å². The van der Waals surface area contributed by atoms with Crippen LogP contribution in [-0.2, 0) is 17.8 Å². The monoisotopic (exact) mass is 264 g/mol. The fourth-order valence-electron chi connectivity index (χ4n) is 1.35. The number of hydrogen-bond acceptors (Lipinski definition) is 4. The molecule has 0 bridgehead atoms. The molecule has 0 radical (unpaired) electrons. The number of ether oxygens (including phenoxy) is 1. The van der Waals surface area contributed by atoms with Crippen LogP contribution < -0.4 is 10.5 Å². The highest BCUT2D eigenvalue weighted by Gasteiger charge is 2.32. The Morgan fingerprint density at radius 2 is 2.11 bits per heavy atom. The van der Waals surface area contributed by atoms with E-state index in [1.165, 1.54) is 6.92 Å². The molecule has 8 heteroatoms. The lowest BCUT2D eigenvalue weighted by Gasteiger charge is -2.14. The van der Waals surface area contributed by atoms with Crippen molar-refractivity contribution in [2.75, 3.05) is 0 Å². The van der Waals surface area contributed by atoms with Gasteiger partial charge in [-0.2, -0.15) is 0 Å². The first kappa shape index (κ1) is 14.2. The second kappa shape index (κ2) is 5.21. The van der Waals surface area contributed by atoms with Crippen molar-refractivity contribution in [3.63, 3.8) is 0 Å². The minimum absolute atomic E-state index is 0.130. The number of carboxylic acids is 1. The Kier molecular flexibility index (Phi) is 4.12. The Morgan fingerprint density at radius 3 is 2.56 bits per heavy atom. The Bertz CT molecular complexity index is 460. The molecule has 0 fully saturated rings. The number of aliphatic carboxylic acids is 1. The average Bonchev–Trinajstić information content (AvgIpc) is 2.19. The molecule has 5 nitrogen and oxygen atoms in total. The summed E-state index contributed by atoms with van der Waals surface area (Å²) in [4.78, 5) is 14.3. The summed E-state index contributed by atoms with van der Waals surface area (Å²) in [5.74, 6) is -1.63. The molecule has 0 unspecified atom stereocenters. The van der Waals surface area contributed by atoms with E-state index in [0.29, 0.717) is 5.56 Å². The molecular weight excluding hydrogens is 253 g/mol. The Labute approximate surface area is 100 Å². The van der Waals surface area contributed by atoms with Gasteiger partial charge >= 0.3 is 12.3 Å². The van der Waals surface area contributed by atoms with Gasteiger partial charge in [-0.3, -0.25) is 9.78 Å². The summed E-state index contributed by atoms with van der Waals surface area (Å²) in [5.41, 5.74) is 5.60. The molecule has 1 heterocycles. The number of nitrogens with two attached hydrogens (primary N) is 1. The maximum Gasteiger partial charge on any atom is 0.573 e. The first-order chi connectivity index (χ1) is 8.23. The quantitative estimate of drug-likeness (QED) is 0.857. The normalized spacial score (nSPS) is 11.4. The van der Waals surface area contributed by atoms with Gasteiger partial charge in [-0.05, 0) is 18.6 Å². The van der Waals surface area contributed by atoms with Crippen LogP contribution in [0.3, 0.4) is 0 Å². The number of aromatic nitrogens is 1. The van der Waals surface area contributed by atoms with Crippen molar-refractivity contribution >= 4 is 5.97 Å². The lowest BCUT2D eigenvalue weighted by molar-refractivity contribution is -0.275. The van der Waals surface area contributed by atoms with Crippen molar-refractivity contribution in [3.05, 3.63) is 23.0 Å². The number of carbonyl (C=O) groups is 1. The fourth-order valence-corrected chi connectivity index (χ4v) is 1.35. The molecule has 0 atom stereocenters. The van der Waals surface area contributed by atoms with Gasteiger partial charge in [-0.1, -0.05) is 0 Å². The first-order valence-electron chi connectivity index (χ1n) is 4.90. The van der Waals surface area contributed by atoms with E-state index in [4.69, 9.17) is 10.8 Å². The van der Waals surface area contributed by atoms with Gasteiger partial charge in [-0.25, -0.2) is 0 Å². The number of hydrogen-bond donors (Lipinski definition) is 2. The van der Waals surface area contributed by atoms with E-state index in [0.717, 1.165) is 6.07 Å². The number of rotatable bonds is 4. The fraction of sp³-hybridized carbons (Fsp3) is 0.400. The van der Waals surface area contributed by atoms with Crippen molar-refractivity contribution in [2.45, 2.75) is 26.3 Å². The lowest BCUT2D eigenvalue weighted by atomic mass is 10.1. The highest BCUT2D eigenvalue weighted by molar-refractivity contribution is 5.70. The molecule has 0 saturated heterocycles. The topological polar surface area (TPSA) is 85.4 Å². The highest BCUT2D eigenvalue weighted by Crippen LogP contribution is 2.27. The van der Waals surface area contributed by atoms with Gasteiger partial charge in [0.2, 0.25) is 0 Å². The molecule has 0 aliphatic heterocycles. The molecule has 1 aromatic rings. The van der Waals surface area contributed by atoms with Crippen LogP contribution in [0.2, 0.25) is 0 Å². The number of aryl methyl sites for hydroxylation is 1. The largest absolute Gasteiger partial charge is 0.573 e. The molecule has 0 aromatic carbocycles. The lowest BCUT2D eigenvalue weighted by Crippen LogP contribution is -2.20. The molecule has 100 valence electrons. The summed E-state index contributed by atoms with van der Waals surface area (Å²) < 4.78 is 40.1. The number of pyridine rings is 1. The van der Waals surface area contributed by atoms with Crippen LogP contribution in [0.1, 0.15) is 17.0 Å². The summed E-state index contributed by atoms with van der Waals surface area (Å²) in [7, 11) is 0. The van der Waals surface area contributed by atoms with Crippen molar-refractivity contribution in [3.8, 4) is 5.75 Å². The Hall–Kier alpha value is -1.83. The van der Waals surface area contributed by atoms with E-state index >= 15 is 0 Å². The van der Waals surface area contributed by atoms with Crippen molar-refractivity contribution in [2.24, 2.45) is 5.73 Å². The third-order valence-corrected chi connectivity index (χ3v) is 2.09. The molecule has 0 amide bonds. The smallest absolute Gasteiger partial charge is 0.481 e. The van der Waals surface area contributed by atoms with Crippen LogP contribution in [0, 0.1) is 6.92 Å². The molecule has 0 aliphatic carbocycles. The minimum Gasteiger partial charge on any atom is -0.481 e. The molecule has 3 N–H and O–H groups in total. The molecule has 0 spiro atoms. The van der Waals surface area contributed by atoms with Crippen LogP contribution >= 0.6 is 0 Å². The Morgan fingerprint density at radius 1 is 1.50 bits per heavy atom. The van der Waals surface area contributed by atoms with E-state index in [1.807, 2.05) is 0 Å². The van der Waals surface area contributed by atoms with E-state index in [2.05, 4.69) is 9.72 Å². The van der Waals surface area contributed by atoms with E-state index < -0.39 is 18.1 Å². The zero-order valence-corrected chi connectivity index (χ0v) is 9.41. The van der Waals surface area contributed by atoms with E-state index in [-0.39, 0.29) is 24.4 Å². The molecule has 0 saturated carbocycles. The van der Waals surface area contributed by atoms with Gasteiger partial charge in [-0.15, -0.1) is 13.2 Å². The van der Waals surface area contributed by atoms with Crippen molar-refractivity contribution < 1.29 is 27.8 Å². The highest BCUT2D eigenvalue weighted by atomic mass is 19.4. The summed E-state index contributed by atoms with van der Waals surface area (Å²) in [6.07, 6.45) is -5.22. The second-order valence-corrected chi connectivity index (χ2v) is 3.52. The van der Waals surface area contributed by atoms with Crippen LogP contribution in [0.15, 0.2) is 6.07 Å². The second-order valence-electron chi connectivity index (χ2n) is 3.52. The van der Waals surface area contributed by atoms with Gasteiger partial charge < -0.3 is 15.6 Å².